The van der Waals surface area contributed by atoms with Crippen molar-refractivity contribution >= 4 is 14.5 Å². The Morgan fingerprint density at radius 2 is 2.00 bits per heavy atom. The zero-order valence-electron chi connectivity index (χ0n) is 13.2. The maximum atomic E-state index is 13.3. The van der Waals surface area contributed by atoms with Crippen molar-refractivity contribution in [3.63, 3.8) is 0 Å². The lowest BCUT2D eigenvalue weighted by molar-refractivity contribution is 0.228. The van der Waals surface area contributed by atoms with Crippen LogP contribution >= 0.6 is 0 Å². The molecule has 2 nitrogen and oxygen atoms in total. The molecule has 0 saturated heterocycles. The van der Waals surface area contributed by atoms with E-state index >= 15 is 0 Å². The number of alkyl halides is 1. The molecule has 0 heterocycles. The van der Waals surface area contributed by atoms with Gasteiger partial charge in [-0.05, 0) is 57.2 Å². The summed E-state index contributed by atoms with van der Waals surface area (Å²) in [5.41, 5.74) is 0. The molecule has 1 aliphatic carbocycles. The average molecular weight is 287 g/mol. The lowest BCUT2D eigenvalue weighted by atomic mass is 9.89. The van der Waals surface area contributed by atoms with Crippen molar-refractivity contribution in [2.75, 3.05) is 6.61 Å². The third-order valence-corrected chi connectivity index (χ3v) is 4.63. The van der Waals surface area contributed by atoms with Crippen LogP contribution in [0.2, 0.25) is 19.6 Å². The summed E-state index contributed by atoms with van der Waals surface area (Å²) in [6.07, 6.45) is 4.85. The van der Waals surface area contributed by atoms with Gasteiger partial charge in [0.05, 0.1) is 12.6 Å². The molecule has 0 amide bonds. The zero-order valence-corrected chi connectivity index (χ0v) is 14.2. The fraction of sp³-hybridized carbons (Fsp3) is 0.933. The fourth-order valence-electron chi connectivity index (χ4n) is 2.28. The summed E-state index contributed by atoms with van der Waals surface area (Å²) in [6.45, 7) is 11.6. The minimum Gasteiger partial charge on any atom is -0.415 e. The van der Waals surface area contributed by atoms with Gasteiger partial charge in [0.2, 0.25) is 0 Å². The summed E-state index contributed by atoms with van der Waals surface area (Å²) in [5, 5.41) is 0. The molecule has 1 rings (SSSR count). The predicted octanol–water partition coefficient (Wildman–Crippen LogP) is 4.46. The first kappa shape index (κ1) is 16.8. The molecular formula is C15H30FNOSi. The van der Waals surface area contributed by atoms with Crippen LogP contribution in [-0.2, 0) is 4.43 Å². The highest BCUT2D eigenvalue weighted by atomic mass is 28.4. The standard InChI is InChI=1S/C15H30FNOSi/c1-12(2)15(11-18-19(3,4)5)17-10-13-7-6-8-14(16)9-13/h10,12-15H,6-9,11H2,1-5H3/t13?,14?,15-/m1/s1. The second-order valence-corrected chi connectivity index (χ2v) is 11.6. The molecular weight excluding hydrogens is 257 g/mol. The maximum Gasteiger partial charge on any atom is 0.183 e. The van der Waals surface area contributed by atoms with Crippen LogP contribution in [0.25, 0.3) is 0 Å². The Morgan fingerprint density at radius 3 is 2.53 bits per heavy atom. The van der Waals surface area contributed by atoms with Crippen molar-refractivity contribution in [1.82, 2.24) is 0 Å². The first-order valence-corrected chi connectivity index (χ1v) is 11.0. The van der Waals surface area contributed by atoms with Crippen LogP contribution in [0.4, 0.5) is 4.39 Å². The number of rotatable bonds is 6. The highest BCUT2D eigenvalue weighted by molar-refractivity contribution is 6.69. The van der Waals surface area contributed by atoms with Crippen LogP contribution in [0.15, 0.2) is 4.99 Å². The minimum atomic E-state index is -1.48. The molecule has 0 aliphatic heterocycles. The summed E-state index contributed by atoms with van der Waals surface area (Å²) in [5.74, 6) is 0.800. The van der Waals surface area contributed by atoms with Crippen molar-refractivity contribution in [3.05, 3.63) is 0 Å². The largest absolute Gasteiger partial charge is 0.415 e. The number of hydrogen-bond acceptors (Lipinski definition) is 2. The predicted molar refractivity (Wildman–Crippen MR) is 83.3 cm³/mol. The SMILES string of the molecule is CC(C)[C@@H](CO[Si](C)(C)C)N=CC1CCCC(F)C1. The van der Waals surface area contributed by atoms with Gasteiger partial charge in [0.1, 0.15) is 6.17 Å². The second-order valence-electron chi connectivity index (χ2n) is 7.06. The summed E-state index contributed by atoms with van der Waals surface area (Å²) >= 11 is 0. The van der Waals surface area contributed by atoms with Gasteiger partial charge in [-0.1, -0.05) is 13.8 Å². The van der Waals surface area contributed by atoms with Gasteiger partial charge in [0, 0.05) is 6.21 Å². The van der Waals surface area contributed by atoms with Crippen LogP contribution in [0.5, 0.6) is 0 Å². The molecule has 0 bridgehead atoms. The first-order valence-electron chi connectivity index (χ1n) is 7.59. The Hall–Kier alpha value is -0.223. The quantitative estimate of drug-likeness (QED) is 0.522. The van der Waals surface area contributed by atoms with Crippen LogP contribution in [0.3, 0.4) is 0 Å². The Labute approximate surface area is 119 Å². The summed E-state index contributed by atoms with van der Waals surface area (Å²) < 4.78 is 19.3. The lowest BCUT2D eigenvalue weighted by Crippen LogP contribution is -2.32. The number of hydrogen-bond donors (Lipinski definition) is 0. The van der Waals surface area contributed by atoms with E-state index in [0.717, 1.165) is 19.3 Å². The Bertz CT molecular complexity index is 288. The molecule has 3 atom stereocenters. The molecule has 2 unspecified atom stereocenters. The summed E-state index contributed by atoms with van der Waals surface area (Å²) in [4.78, 5) is 4.69. The highest BCUT2D eigenvalue weighted by Gasteiger charge is 2.22. The van der Waals surface area contributed by atoms with Crippen molar-refractivity contribution < 1.29 is 8.82 Å². The van der Waals surface area contributed by atoms with Gasteiger partial charge < -0.3 is 4.43 Å². The Balaban J connectivity index is 2.48. The molecule has 1 saturated carbocycles. The smallest absolute Gasteiger partial charge is 0.183 e. The zero-order chi connectivity index (χ0) is 14.5. The normalized spacial score (nSPS) is 27.1. The molecule has 0 spiro atoms. The Morgan fingerprint density at radius 1 is 1.32 bits per heavy atom. The minimum absolute atomic E-state index is 0.215. The molecule has 0 aromatic heterocycles. The first-order chi connectivity index (χ1) is 8.78. The van der Waals surface area contributed by atoms with Crippen LogP contribution < -0.4 is 0 Å². The highest BCUT2D eigenvalue weighted by Crippen LogP contribution is 2.25. The summed E-state index contributed by atoms with van der Waals surface area (Å²) in [7, 11) is -1.48. The van der Waals surface area contributed by atoms with Crippen LogP contribution in [0, 0.1) is 11.8 Å². The molecule has 19 heavy (non-hydrogen) atoms. The van der Waals surface area contributed by atoms with Crippen molar-refractivity contribution in [2.24, 2.45) is 16.8 Å². The van der Waals surface area contributed by atoms with E-state index in [1.807, 2.05) is 6.21 Å². The van der Waals surface area contributed by atoms with Gasteiger partial charge in [-0.3, -0.25) is 4.99 Å². The van der Waals surface area contributed by atoms with E-state index in [-0.39, 0.29) is 6.04 Å². The van der Waals surface area contributed by atoms with Gasteiger partial charge in [-0.15, -0.1) is 0 Å². The van der Waals surface area contributed by atoms with Gasteiger partial charge in [-0.25, -0.2) is 4.39 Å². The van der Waals surface area contributed by atoms with Crippen LogP contribution in [-0.4, -0.2) is 33.4 Å². The van der Waals surface area contributed by atoms with E-state index in [2.05, 4.69) is 38.5 Å². The van der Waals surface area contributed by atoms with Crippen molar-refractivity contribution in [2.45, 2.75) is 71.4 Å². The molecule has 0 radical (unpaired) electrons. The van der Waals surface area contributed by atoms with Crippen molar-refractivity contribution in [1.29, 1.82) is 0 Å². The van der Waals surface area contributed by atoms with E-state index in [4.69, 9.17) is 4.43 Å². The molecule has 0 N–H and O–H groups in total. The maximum absolute atomic E-state index is 13.3. The third kappa shape index (κ3) is 7.21. The van der Waals surface area contributed by atoms with Gasteiger partial charge in [-0.2, -0.15) is 0 Å². The van der Waals surface area contributed by atoms with Gasteiger partial charge >= 0.3 is 0 Å². The molecule has 112 valence electrons. The molecule has 4 heteroatoms. The van der Waals surface area contributed by atoms with E-state index in [1.54, 1.807) is 0 Å². The topological polar surface area (TPSA) is 21.6 Å². The number of halogens is 1. The summed E-state index contributed by atoms with van der Waals surface area (Å²) in [6, 6.07) is 0.215. The fourth-order valence-corrected chi connectivity index (χ4v) is 2.95. The van der Waals surface area contributed by atoms with E-state index in [1.165, 1.54) is 0 Å². The number of nitrogens with zero attached hydrogens (tertiary/aromatic N) is 1. The number of aliphatic imine (C=N–C) groups is 1. The monoisotopic (exact) mass is 287 g/mol. The Kier molecular flexibility index (Phi) is 6.67. The molecule has 0 aromatic rings. The molecule has 0 aromatic carbocycles. The van der Waals surface area contributed by atoms with E-state index < -0.39 is 14.5 Å². The van der Waals surface area contributed by atoms with Gasteiger partial charge in [0.25, 0.3) is 0 Å². The molecule has 1 fully saturated rings. The van der Waals surface area contributed by atoms with Gasteiger partial charge in [0.15, 0.2) is 8.32 Å². The van der Waals surface area contributed by atoms with E-state index in [9.17, 15) is 4.39 Å². The average Bonchev–Trinajstić information content (AvgIpc) is 2.27. The lowest BCUT2D eigenvalue weighted by Gasteiger charge is -2.25. The second kappa shape index (κ2) is 7.53. The van der Waals surface area contributed by atoms with Crippen LogP contribution in [0.1, 0.15) is 39.5 Å². The van der Waals surface area contributed by atoms with Crippen molar-refractivity contribution in [3.8, 4) is 0 Å². The molecule has 1 aliphatic rings. The van der Waals surface area contributed by atoms with E-state index in [0.29, 0.717) is 24.9 Å². The third-order valence-electron chi connectivity index (χ3n) is 3.60.